The van der Waals surface area contributed by atoms with Crippen molar-refractivity contribution in [3.63, 3.8) is 0 Å². The Labute approximate surface area is 128 Å². The van der Waals surface area contributed by atoms with Crippen molar-refractivity contribution < 1.29 is 28.2 Å². The molecule has 0 heterocycles. The fourth-order valence-electron chi connectivity index (χ4n) is 1.85. The number of halogens is 2. The van der Waals surface area contributed by atoms with E-state index in [2.05, 4.69) is 10.1 Å². The lowest BCUT2D eigenvalue weighted by Crippen LogP contribution is -2.42. The van der Waals surface area contributed by atoms with Crippen LogP contribution in [0.2, 0.25) is 0 Å². The number of carbonyl (C=O) groups excluding carboxylic acids is 1. The van der Waals surface area contributed by atoms with Crippen LogP contribution in [0.5, 0.6) is 11.5 Å². The quantitative estimate of drug-likeness (QED) is 0.773. The molecule has 1 aromatic carbocycles. The van der Waals surface area contributed by atoms with Gasteiger partial charge < -0.3 is 19.9 Å². The summed E-state index contributed by atoms with van der Waals surface area (Å²) in [6, 6.07) is 3.99. The van der Waals surface area contributed by atoms with Crippen molar-refractivity contribution in [1.29, 1.82) is 0 Å². The average molecular weight is 317 g/mol. The molecule has 0 radical (unpaired) electrons. The monoisotopic (exact) mass is 317 g/mol. The van der Waals surface area contributed by atoms with Crippen LogP contribution in [0.4, 0.5) is 8.78 Å². The van der Waals surface area contributed by atoms with Crippen LogP contribution in [0.3, 0.4) is 0 Å². The van der Waals surface area contributed by atoms with Crippen LogP contribution in [0.15, 0.2) is 18.2 Å². The van der Waals surface area contributed by atoms with Gasteiger partial charge in [0.25, 0.3) is 5.91 Å². The average Bonchev–Trinajstić information content (AvgIpc) is 2.51. The van der Waals surface area contributed by atoms with Crippen LogP contribution < -0.4 is 14.8 Å². The first kappa shape index (κ1) is 18.2. The molecular formula is C15H21F2NO4. The van der Waals surface area contributed by atoms with E-state index in [1.54, 1.807) is 0 Å². The molecule has 1 amide bonds. The molecule has 0 fully saturated rings. The molecule has 0 spiro atoms. The molecule has 0 aromatic heterocycles. The molecule has 22 heavy (non-hydrogen) atoms. The number of aliphatic hydroxyl groups is 1. The fraction of sp³-hybridized carbons (Fsp3) is 0.533. The van der Waals surface area contributed by atoms with Crippen LogP contribution in [0, 0.1) is 0 Å². The Hall–Kier alpha value is -1.89. The standard InChI is InChI=1S/C15H21F2NO4/c1-4-15(20,5-2)9-18-13(19)10-6-7-11(21-3)12(8-10)22-14(16)17/h6-8,14,20H,4-5,9H2,1-3H3,(H,18,19). The molecule has 0 bridgehead atoms. The zero-order valence-corrected chi connectivity index (χ0v) is 12.9. The Morgan fingerprint density at radius 2 is 1.95 bits per heavy atom. The second-order valence-electron chi connectivity index (χ2n) is 4.86. The predicted octanol–water partition coefficient (Wildman–Crippen LogP) is 2.58. The second kappa shape index (κ2) is 7.93. The molecule has 0 aliphatic heterocycles. The Morgan fingerprint density at radius 1 is 1.32 bits per heavy atom. The third kappa shape index (κ3) is 4.84. The fourth-order valence-corrected chi connectivity index (χ4v) is 1.85. The summed E-state index contributed by atoms with van der Waals surface area (Å²) in [5, 5.41) is 12.7. The summed E-state index contributed by atoms with van der Waals surface area (Å²) in [6.07, 6.45) is 0.984. The predicted molar refractivity (Wildman–Crippen MR) is 77.5 cm³/mol. The number of hydrogen-bond acceptors (Lipinski definition) is 4. The van der Waals surface area contributed by atoms with Crippen LogP contribution in [0.1, 0.15) is 37.0 Å². The number of ether oxygens (including phenoxy) is 2. The lowest BCUT2D eigenvalue weighted by Gasteiger charge is -2.25. The van der Waals surface area contributed by atoms with Crippen LogP contribution in [-0.2, 0) is 0 Å². The molecule has 0 aliphatic rings. The highest BCUT2D eigenvalue weighted by Crippen LogP contribution is 2.29. The van der Waals surface area contributed by atoms with Gasteiger partial charge in [0, 0.05) is 12.1 Å². The van der Waals surface area contributed by atoms with E-state index in [0.717, 1.165) is 0 Å². The summed E-state index contributed by atoms with van der Waals surface area (Å²) in [6.45, 7) is 0.697. The third-order valence-corrected chi connectivity index (χ3v) is 3.54. The molecule has 0 atom stereocenters. The second-order valence-corrected chi connectivity index (χ2v) is 4.86. The molecule has 7 heteroatoms. The summed E-state index contributed by atoms with van der Waals surface area (Å²) < 4.78 is 33.9. The number of benzene rings is 1. The lowest BCUT2D eigenvalue weighted by atomic mass is 9.97. The van der Waals surface area contributed by atoms with E-state index in [1.807, 2.05) is 13.8 Å². The van der Waals surface area contributed by atoms with Crippen molar-refractivity contribution >= 4 is 5.91 Å². The summed E-state index contributed by atoms with van der Waals surface area (Å²) in [5.74, 6) is -0.594. The maximum absolute atomic E-state index is 12.4. The SMILES string of the molecule is CCC(O)(CC)CNC(=O)c1ccc(OC)c(OC(F)F)c1. The number of methoxy groups -OCH3 is 1. The minimum atomic E-state index is -3.02. The van der Waals surface area contributed by atoms with Crippen LogP contribution in [0.25, 0.3) is 0 Å². The molecule has 0 aliphatic carbocycles. The number of alkyl halides is 2. The Morgan fingerprint density at radius 3 is 2.45 bits per heavy atom. The van der Waals surface area contributed by atoms with Gasteiger partial charge in [0.1, 0.15) is 0 Å². The van der Waals surface area contributed by atoms with E-state index in [9.17, 15) is 18.7 Å². The number of rotatable bonds is 8. The van der Waals surface area contributed by atoms with Gasteiger partial charge in [-0.25, -0.2) is 0 Å². The highest BCUT2D eigenvalue weighted by molar-refractivity contribution is 5.94. The number of amides is 1. The molecule has 1 rings (SSSR count). The normalized spacial score (nSPS) is 11.4. The molecular weight excluding hydrogens is 296 g/mol. The van der Waals surface area contributed by atoms with E-state index in [0.29, 0.717) is 12.8 Å². The van der Waals surface area contributed by atoms with E-state index >= 15 is 0 Å². The molecule has 0 saturated heterocycles. The number of carbonyl (C=O) groups is 1. The van der Waals surface area contributed by atoms with Crippen molar-refractivity contribution in [1.82, 2.24) is 5.32 Å². The van der Waals surface area contributed by atoms with E-state index in [1.165, 1.54) is 25.3 Å². The summed E-state index contributed by atoms with van der Waals surface area (Å²) in [5.41, 5.74) is -0.837. The van der Waals surface area contributed by atoms with E-state index in [4.69, 9.17) is 4.74 Å². The van der Waals surface area contributed by atoms with Crippen LogP contribution >= 0.6 is 0 Å². The Balaban J connectivity index is 2.85. The maximum Gasteiger partial charge on any atom is 0.387 e. The first-order valence-corrected chi connectivity index (χ1v) is 6.98. The van der Waals surface area contributed by atoms with Gasteiger partial charge in [-0.05, 0) is 31.0 Å². The summed E-state index contributed by atoms with van der Waals surface area (Å²) in [4.78, 5) is 12.1. The van der Waals surface area contributed by atoms with Gasteiger partial charge in [-0.1, -0.05) is 13.8 Å². The van der Waals surface area contributed by atoms with Gasteiger partial charge in [0.2, 0.25) is 0 Å². The zero-order chi connectivity index (χ0) is 16.8. The molecule has 2 N–H and O–H groups in total. The van der Waals surface area contributed by atoms with Gasteiger partial charge in [-0.3, -0.25) is 4.79 Å². The van der Waals surface area contributed by atoms with Crippen molar-refractivity contribution in [2.75, 3.05) is 13.7 Å². The molecule has 0 unspecified atom stereocenters. The first-order chi connectivity index (χ1) is 10.3. The van der Waals surface area contributed by atoms with E-state index < -0.39 is 18.1 Å². The third-order valence-electron chi connectivity index (χ3n) is 3.54. The number of hydrogen-bond donors (Lipinski definition) is 2. The molecule has 124 valence electrons. The van der Waals surface area contributed by atoms with Crippen molar-refractivity contribution in [3.05, 3.63) is 23.8 Å². The van der Waals surface area contributed by atoms with Gasteiger partial charge in [-0.15, -0.1) is 0 Å². The Kier molecular flexibility index (Phi) is 6.55. The zero-order valence-electron chi connectivity index (χ0n) is 12.9. The maximum atomic E-state index is 12.4. The van der Waals surface area contributed by atoms with Crippen molar-refractivity contribution in [2.45, 2.75) is 38.9 Å². The molecule has 5 nitrogen and oxygen atoms in total. The van der Waals surface area contributed by atoms with Gasteiger partial charge >= 0.3 is 6.61 Å². The lowest BCUT2D eigenvalue weighted by molar-refractivity contribution is -0.0512. The number of nitrogens with one attached hydrogen (secondary N) is 1. The van der Waals surface area contributed by atoms with Gasteiger partial charge in [-0.2, -0.15) is 8.78 Å². The largest absolute Gasteiger partial charge is 0.493 e. The van der Waals surface area contributed by atoms with Gasteiger partial charge in [0.05, 0.1) is 12.7 Å². The minimum Gasteiger partial charge on any atom is -0.493 e. The minimum absolute atomic E-state index is 0.0793. The topological polar surface area (TPSA) is 67.8 Å². The first-order valence-electron chi connectivity index (χ1n) is 6.98. The highest BCUT2D eigenvalue weighted by Gasteiger charge is 2.23. The van der Waals surface area contributed by atoms with Gasteiger partial charge in [0.15, 0.2) is 11.5 Å². The molecule has 1 aromatic rings. The van der Waals surface area contributed by atoms with E-state index in [-0.39, 0.29) is 23.6 Å². The smallest absolute Gasteiger partial charge is 0.387 e. The van der Waals surface area contributed by atoms with Crippen LogP contribution in [-0.4, -0.2) is 36.9 Å². The van der Waals surface area contributed by atoms with Crippen molar-refractivity contribution in [3.8, 4) is 11.5 Å². The van der Waals surface area contributed by atoms with Crippen molar-refractivity contribution in [2.24, 2.45) is 0 Å². The highest BCUT2D eigenvalue weighted by atomic mass is 19.3. The summed E-state index contributed by atoms with van der Waals surface area (Å²) in [7, 11) is 1.32. The molecule has 0 saturated carbocycles. The summed E-state index contributed by atoms with van der Waals surface area (Å²) >= 11 is 0. The Bertz CT molecular complexity index is 504.